The Bertz CT molecular complexity index is 763. The predicted octanol–water partition coefficient (Wildman–Crippen LogP) is 0.785. The largest absolute Gasteiger partial charge is 0.354 e. The van der Waals surface area contributed by atoms with Gasteiger partial charge in [-0.2, -0.15) is 0 Å². The van der Waals surface area contributed by atoms with E-state index in [0.29, 0.717) is 6.54 Å². The van der Waals surface area contributed by atoms with Crippen LogP contribution in [-0.2, 0) is 16.0 Å². The molecule has 140 valence electrons. The summed E-state index contributed by atoms with van der Waals surface area (Å²) in [6.45, 7) is 5.81. The summed E-state index contributed by atoms with van der Waals surface area (Å²) in [7, 11) is 4.19. The molecule has 2 aromatic rings. The van der Waals surface area contributed by atoms with Gasteiger partial charge in [-0.3, -0.25) is 9.59 Å². The Hall–Kier alpha value is -2.40. The van der Waals surface area contributed by atoms with E-state index in [4.69, 9.17) is 0 Å². The molecule has 0 aliphatic heterocycles. The Morgan fingerprint density at radius 3 is 2.38 bits per heavy atom. The number of fused-ring (bicyclic) bond motifs is 1. The number of quaternary nitrogens is 1. The second-order valence-electron chi connectivity index (χ2n) is 7.92. The average molecular weight is 356 g/mol. The molecule has 2 aromatic carbocycles. The topological polar surface area (TPSA) is 62.6 Å². The van der Waals surface area contributed by atoms with Gasteiger partial charge in [0, 0.05) is 12.0 Å². The summed E-state index contributed by atoms with van der Waals surface area (Å²) < 4.78 is 0. The Labute approximate surface area is 155 Å². The molecule has 2 amide bonds. The Morgan fingerprint density at radius 2 is 1.65 bits per heavy atom. The van der Waals surface area contributed by atoms with Crippen molar-refractivity contribution in [1.29, 1.82) is 0 Å². The number of hydrogen-bond acceptors (Lipinski definition) is 2. The van der Waals surface area contributed by atoms with Crippen molar-refractivity contribution >= 4 is 22.6 Å². The zero-order chi connectivity index (χ0) is 19.2. The molecule has 2 rings (SSSR count). The van der Waals surface area contributed by atoms with E-state index in [0.717, 1.165) is 22.9 Å². The van der Waals surface area contributed by atoms with Gasteiger partial charge in [0.1, 0.15) is 0 Å². The number of carbonyl (C=O) groups excluding carboxylic acids is 2. The van der Waals surface area contributed by atoms with E-state index >= 15 is 0 Å². The Morgan fingerprint density at radius 1 is 0.962 bits per heavy atom. The van der Waals surface area contributed by atoms with E-state index in [2.05, 4.69) is 38.6 Å². The summed E-state index contributed by atoms with van der Waals surface area (Å²) >= 11 is 0. The number of amides is 2. The second-order valence-corrected chi connectivity index (χ2v) is 7.92. The molecule has 5 nitrogen and oxygen atoms in total. The third-order valence-corrected chi connectivity index (χ3v) is 4.27. The first-order valence-electron chi connectivity index (χ1n) is 9.06. The highest BCUT2D eigenvalue weighted by Crippen LogP contribution is 2.18. The number of rotatable bonds is 8. The Kier molecular flexibility index (Phi) is 6.75. The molecule has 0 aliphatic rings. The first-order chi connectivity index (χ1) is 12.3. The van der Waals surface area contributed by atoms with Crippen LogP contribution in [0.25, 0.3) is 10.8 Å². The molecular formula is C21H30N3O2+. The number of benzene rings is 2. The molecule has 0 aliphatic carbocycles. The van der Waals surface area contributed by atoms with Crippen LogP contribution in [0.15, 0.2) is 42.5 Å². The van der Waals surface area contributed by atoms with Crippen LogP contribution in [0.4, 0.5) is 0 Å². The maximum Gasteiger partial charge on any atom is 0.239 e. The minimum absolute atomic E-state index is 0.00843. The maximum atomic E-state index is 12.2. The van der Waals surface area contributed by atoms with Crippen LogP contribution in [0.2, 0.25) is 0 Å². The lowest BCUT2D eigenvalue weighted by Crippen LogP contribution is -3.07. The van der Waals surface area contributed by atoms with Gasteiger partial charge in [0.05, 0.1) is 33.6 Å². The van der Waals surface area contributed by atoms with Gasteiger partial charge < -0.3 is 15.5 Å². The fourth-order valence-corrected chi connectivity index (χ4v) is 3.28. The monoisotopic (exact) mass is 356 g/mol. The summed E-state index contributed by atoms with van der Waals surface area (Å²) in [6, 6.07) is 13.9. The molecule has 0 bridgehead atoms. The van der Waals surface area contributed by atoms with Crippen LogP contribution in [-0.4, -0.2) is 45.5 Å². The average Bonchev–Trinajstić information content (AvgIpc) is 2.57. The molecule has 0 fully saturated rings. The van der Waals surface area contributed by atoms with Gasteiger partial charge in [-0.1, -0.05) is 56.3 Å². The summed E-state index contributed by atoms with van der Waals surface area (Å²) in [4.78, 5) is 25.6. The van der Waals surface area contributed by atoms with Crippen LogP contribution >= 0.6 is 0 Å². The van der Waals surface area contributed by atoms with Crippen LogP contribution in [0.5, 0.6) is 0 Å². The smallest absolute Gasteiger partial charge is 0.239 e. The molecule has 26 heavy (non-hydrogen) atoms. The highest BCUT2D eigenvalue weighted by atomic mass is 16.2. The van der Waals surface area contributed by atoms with Crippen molar-refractivity contribution in [1.82, 2.24) is 10.6 Å². The van der Waals surface area contributed by atoms with Gasteiger partial charge in [-0.25, -0.2) is 0 Å². The normalized spacial score (nSPS) is 11.6. The van der Waals surface area contributed by atoms with E-state index in [1.165, 1.54) is 4.90 Å². The zero-order valence-electron chi connectivity index (χ0n) is 16.2. The third kappa shape index (κ3) is 6.15. The SMILES string of the molecule is C[NH+](C)CC(C)(C)CNC(=O)CNC(=O)Cc1cccc2ccccc12. The quantitative estimate of drug-likeness (QED) is 0.655. The van der Waals surface area contributed by atoms with Crippen molar-refractivity contribution in [2.75, 3.05) is 33.7 Å². The van der Waals surface area contributed by atoms with Gasteiger partial charge in [0.2, 0.25) is 11.8 Å². The molecule has 3 N–H and O–H groups in total. The lowest BCUT2D eigenvalue weighted by Gasteiger charge is -2.26. The minimum atomic E-state index is -0.155. The van der Waals surface area contributed by atoms with E-state index in [1.807, 2.05) is 42.5 Å². The second kappa shape index (κ2) is 8.81. The molecule has 0 unspecified atom stereocenters. The van der Waals surface area contributed by atoms with Gasteiger partial charge in [0.25, 0.3) is 0 Å². The van der Waals surface area contributed by atoms with Crippen molar-refractivity contribution in [3.05, 3.63) is 48.0 Å². The van der Waals surface area contributed by atoms with Crippen molar-refractivity contribution in [2.45, 2.75) is 20.3 Å². The van der Waals surface area contributed by atoms with Crippen LogP contribution < -0.4 is 15.5 Å². The van der Waals surface area contributed by atoms with Crippen molar-refractivity contribution in [2.24, 2.45) is 5.41 Å². The first-order valence-corrected chi connectivity index (χ1v) is 9.06. The van der Waals surface area contributed by atoms with Crippen molar-refractivity contribution < 1.29 is 14.5 Å². The summed E-state index contributed by atoms with van der Waals surface area (Å²) in [5, 5.41) is 7.81. The molecule has 0 aromatic heterocycles. The lowest BCUT2D eigenvalue weighted by molar-refractivity contribution is -0.865. The molecular weight excluding hydrogens is 326 g/mol. The highest BCUT2D eigenvalue weighted by Gasteiger charge is 2.22. The fourth-order valence-electron chi connectivity index (χ4n) is 3.28. The molecule has 0 spiro atoms. The van der Waals surface area contributed by atoms with Crippen LogP contribution in [0.1, 0.15) is 19.4 Å². The third-order valence-electron chi connectivity index (χ3n) is 4.27. The molecule has 0 radical (unpaired) electrons. The molecule has 0 atom stereocenters. The van der Waals surface area contributed by atoms with Crippen LogP contribution in [0, 0.1) is 5.41 Å². The van der Waals surface area contributed by atoms with E-state index in [1.54, 1.807) is 0 Å². The lowest BCUT2D eigenvalue weighted by atomic mass is 9.93. The molecule has 0 saturated carbocycles. The van der Waals surface area contributed by atoms with Crippen LogP contribution in [0.3, 0.4) is 0 Å². The van der Waals surface area contributed by atoms with E-state index in [9.17, 15) is 9.59 Å². The van der Waals surface area contributed by atoms with Crippen molar-refractivity contribution in [3.63, 3.8) is 0 Å². The molecule has 0 saturated heterocycles. The summed E-state index contributed by atoms with van der Waals surface area (Å²) in [5.41, 5.74) is 0.984. The maximum absolute atomic E-state index is 12.2. The minimum Gasteiger partial charge on any atom is -0.354 e. The number of hydrogen-bond donors (Lipinski definition) is 3. The van der Waals surface area contributed by atoms with Gasteiger partial charge in [-0.15, -0.1) is 0 Å². The van der Waals surface area contributed by atoms with Crippen molar-refractivity contribution in [3.8, 4) is 0 Å². The number of nitrogens with one attached hydrogen (secondary N) is 3. The Balaban J connectivity index is 1.82. The van der Waals surface area contributed by atoms with Gasteiger partial charge in [-0.05, 0) is 16.3 Å². The van der Waals surface area contributed by atoms with E-state index < -0.39 is 0 Å². The molecule has 5 heteroatoms. The van der Waals surface area contributed by atoms with Gasteiger partial charge in [0.15, 0.2) is 0 Å². The fraction of sp³-hybridized carbons (Fsp3) is 0.429. The highest BCUT2D eigenvalue weighted by molar-refractivity contribution is 5.91. The standard InChI is InChI=1S/C21H29N3O2/c1-21(2,15-24(3)4)14-23-20(26)13-22-19(25)12-17-10-7-9-16-8-5-6-11-18(16)17/h5-11H,12-15H2,1-4H3,(H,22,25)(H,23,26)/p+1. The summed E-state index contributed by atoms with van der Waals surface area (Å²) in [5.74, 6) is -0.299. The van der Waals surface area contributed by atoms with Gasteiger partial charge >= 0.3 is 0 Å². The summed E-state index contributed by atoms with van der Waals surface area (Å²) in [6.07, 6.45) is 0.268. The first kappa shape index (κ1) is 19.9. The zero-order valence-corrected chi connectivity index (χ0v) is 16.2. The van der Waals surface area contributed by atoms with E-state index in [-0.39, 0.29) is 30.2 Å². The predicted molar refractivity (Wildman–Crippen MR) is 105 cm³/mol. The molecule has 0 heterocycles. The number of carbonyl (C=O) groups is 2.